The van der Waals surface area contributed by atoms with Gasteiger partial charge in [-0.25, -0.2) is 4.98 Å². The molecule has 7 heteroatoms. The number of anilines is 1. The molecule has 2 aromatic rings. The fraction of sp³-hybridized carbons (Fsp3) is 0.455. The van der Waals surface area contributed by atoms with Crippen LogP contribution in [0.15, 0.2) is 16.5 Å². The molecule has 3 rings (SSSR count). The van der Waals surface area contributed by atoms with Crippen LogP contribution in [0.4, 0.5) is 6.01 Å². The molecule has 0 saturated carbocycles. The number of morpholine rings is 1. The topological polar surface area (TPSA) is 71.6 Å². The van der Waals surface area contributed by atoms with E-state index in [4.69, 9.17) is 25.9 Å². The van der Waals surface area contributed by atoms with Crippen molar-refractivity contribution < 1.29 is 14.3 Å². The van der Waals surface area contributed by atoms with Gasteiger partial charge in [-0.05, 0) is 12.1 Å². The molecule has 2 aromatic heterocycles. The Morgan fingerprint density at radius 1 is 1.44 bits per heavy atom. The first-order chi connectivity index (χ1) is 8.76. The number of fused-ring (bicyclic) bond motifs is 1. The van der Waals surface area contributed by atoms with Crippen molar-refractivity contribution in [1.29, 1.82) is 0 Å². The molecule has 6 nitrogen and oxygen atoms in total. The zero-order valence-corrected chi connectivity index (χ0v) is 10.3. The molecular formula is C11H12ClN3O3. The predicted molar refractivity (Wildman–Crippen MR) is 65.9 cm³/mol. The summed E-state index contributed by atoms with van der Waals surface area (Å²) in [6.07, 6.45) is -0.203. The van der Waals surface area contributed by atoms with Crippen LogP contribution in [0.2, 0.25) is 5.15 Å². The third kappa shape index (κ3) is 2.14. The fourth-order valence-corrected chi connectivity index (χ4v) is 2.07. The third-order valence-electron chi connectivity index (χ3n) is 2.82. The second-order valence-electron chi connectivity index (χ2n) is 4.07. The molecule has 1 aliphatic heterocycles. The molecule has 1 saturated heterocycles. The van der Waals surface area contributed by atoms with Gasteiger partial charge >= 0.3 is 0 Å². The summed E-state index contributed by atoms with van der Waals surface area (Å²) in [5.74, 6) is 0. The normalized spacial score (nSPS) is 20.6. The highest BCUT2D eigenvalue weighted by Crippen LogP contribution is 2.23. The zero-order chi connectivity index (χ0) is 12.5. The van der Waals surface area contributed by atoms with Gasteiger partial charge in [0.05, 0.1) is 25.9 Å². The van der Waals surface area contributed by atoms with Gasteiger partial charge in [0.2, 0.25) is 5.65 Å². The van der Waals surface area contributed by atoms with Crippen molar-refractivity contribution in [3.05, 3.63) is 17.3 Å². The van der Waals surface area contributed by atoms with E-state index in [1.807, 2.05) is 4.90 Å². The zero-order valence-electron chi connectivity index (χ0n) is 9.54. The summed E-state index contributed by atoms with van der Waals surface area (Å²) >= 11 is 5.80. The van der Waals surface area contributed by atoms with Crippen molar-refractivity contribution >= 4 is 28.8 Å². The summed E-state index contributed by atoms with van der Waals surface area (Å²) < 4.78 is 11.0. The number of aliphatic hydroxyl groups excluding tert-OH is 1. The van der Waals surface area contributed by atoms with Crippen molar-refractivity contribution in [2.45, 2.75) is 6.10 Å². The molecule has 96 valence electrons. The lowest BCUT2D eigenvalue weighted by molar-refractivity contribution is 0.00236. The fourth-order valence-electron chi connectivity index (χ4n) is 1.92. The van der Waals surface area contributed by atoms with E-state index in [2.05, 4.69) is 9.97 Å². The van der Waals surface area contributed by atoms with Crippen LogP contribution in [-0.4, -0.2) is 47.5 Å². The van der Waals surface area contributed by atoms with E-state index >= 15 is 0 Å². The Bertz CT molecular complexity index is 559. The minimum absolute atomic E-state index is 0.0131. The van der Waals surface area contributed by atoms with Gasteiger partial charge in [0.25, 0.3) is 6.01 Å². The Hall–Kier alpha value is -1.37. The number of ether oxygens (including phenoxy) is 1. The maximum atomic E-state index is 9.10. The summed E-state index contributed by atoms with van der Waals surface area (Å²) in [5.41, 5.74) is 1.09. The van der Waals surface area contributed by atoms with Crippen LogP contribution in [0.5, 0.6) is 0 Å². The average Bonchev–Trinajstić information content (AvgIpc) is 2.81. The van der Waals surface area contributed by atoms with E-state index in [0.717, 1.165) is 0 Å². The second-order valence-corrected chi connectivity index (χ2v) is 4.46. The number of aromatic nitrogens is 2. The van der Waals surface area contributed by atoms with Crippen molar-refractivity contribution in [1.82, 2.24) is 9.97 Å². The van der Waals surface area contributed by atoms with Gasteiger partial charge in [-0.15, -0.1) is 0 Å². The molecule has 18 heavy (non-hydrogen) atoms. The molecule has 0 bridgehead atoms. The number of hydrogen-bond acceptors (Lipinski definition) is 6. The van der Waals surface area contributed by atoms with Crippen molar-refractivity contribution in [2.75, 3.05) is 31.2 Å². The van der Waals surface area contributed by atoms with Gasteiger partial charge in [-0.3, -0.25) is 0 Å². The summed E-state index contributed by atoms with van der Waals surface area (Å²) in [6.45, 7) is 1.76. The highest BCUT2D eigenvalue weighted by molar-refractivity contribution is 6.29. The highest BCUT2D eigenvalue weighted by atomic mass is 35.5. The van der Waals surface area contributed by atoms with E-state index in [1.165, 1.54) is 0 Å². The predicted octanol–water partition coefficient (Wildman–Crippen LogP) is 1.07. The number of oxazole rings is 1. The largest absolute Gasteiger partial charge is 0.422 e. The lowest BCUT2D eigenvalue weighted by Gasteiger charge is -2.30. The van der Waals surface area contributed by atoms with E-state index in [-0.39, 0.29) is 12.7 Å². The van der Waals surface area contributed by atoms with E-state index in [1.54, 1.807) is 12.1 Å². The molecule has 1 N–H and O–H groups in total. The smallest absolute Gasteiger partial charge is 0.300 e. The molecule has 0 spiro atoms. The van der Waals surface area contributed by atoms with Gasteiger partial charge < -0.3 is 19.2 Å². The molecule has 3 heterocycles. The van der Waals surface area contributed by atoms with Gasteiger partial charge in [0.15, 0.2) is 5.58 Å². The highest BCUT2D eigenvalue weighted by Gasteiger charge is 2.23. The molecule has 1 fully saturated rings. The first-order valence-corrected chi connectivity index (χ1v) is 6.04. The van der Waals surface area contributed by atoms with E-state index in [9.17, 15) is 0 Å². The van der Waals surface area contributed by atoms with Crippen LogP contribution < -0.4 is 4.90 Å². The molecule has 0 radical (unpaired) electrons. The number of pyridine rings is 1. The summed E-state index contributed by atoms with van der Waals surface area (Å²) in [5, 5.41) is 9.49. The number of aliphatic hydroxyl groups is 1. The number of halogens is 1. The average molecular weight is 270 g/mol. The van der Waals surface area contributed by atoms with Crippen LogP contribution in [-0.2, 0) is 4.74 Å². The monoisotopic (exact) mass is 269 g/mol. The maximum Gasteiger partial charge on any atom is 0.300 e. The van der Waals surface area contributed by atoms with Gasteiger partial charge in [0.1, 0.15) is 5.15 Å². The molecule has 0 aliphatic carbocycles. The molecular weight excluding hydrogens is 258 g/mol. The van der Waals surface area contributed by atoms with Crippen LogP contribution >= 0.6 is 11.6 Å². The standard InChI is InChI=1S/C11H12ClN3O3/c12-9-2-1-8-10(13-9)14-11(18-8)15-3-4-17-7(5-15)6-16/h1-2,7,16H,3-6H2. The summed E-state index contributed by atoms with van der Waals surface area (Å²) in [6, 6.07) is 3.89. The molecule has 1 unspecified atom stereocenters. The van der Waals surface area contributed by atoms with E-state index in [0.29, 0.717) is 42.1 Å². The Balaban J connectivity index is 1.89. The minimum atomic E-state index is -0.203. The SMILES string of the molecule is OCC1CN(c2nc3nc(Cl)ccc3o2)CCO1. The minimum Gasteiger partial charge on any atom is -0.422 e. The van der Waals surface area contributed by atoms with Crippen molar-refractivity contribution in [3.63, 3.8) is 0 Å². The number of nitrogens with zero attached hydrogens (tertiary/aromatic N) is 3. The molecule has 0 amide bonds. The first-order valence-electron chi connectivity index (χ1n) is 5.67. The summed E-state index contributed by atoms with van der Waals surface area (Å²) in [7, 11) is 0. The van der Waals surface area contributed by atoms with Crippen LogP contribution in [0.25, 0.3) is 11.2 Å². The summed E-state index contributed by atoms with van der Waals surface area (Å²) in [4.78, 5) is 10.3. The van der Waals surface area contributed by atoms with Crippen LogP contribution in [0, 0.1) is 0 Å². The quantitative estimate of drug-likeness (QED) is 0.823. The van der Waals surface area contributed by atoms with Crippen molar-refractivity contribution in [2.24, 2.45) is 0 Å². The number of hydrogen-bond donors (Lipinski definition) is 1. The first kappa shape index (κ1) is 11.7. The Morgan fingerprint density at radius 3 is 3.17 bits per heavy atom. The van der Waals surface area contributed by atoms with E-state index < -0.39 is 0 Å². The Labute approximate surface area is 108 Å². The van der Waals surface area contributed by atoms with Crippen molar-refractivity contribution in [3.8, 4) is 0 Å². The molecule has 1 atom stereocenters. The molecule has 0 aromatic carbocycles. The lowest BCUT2D eigenvalue weighted by Crippen LogP contribution is -2.44. The van der Waals surface area contributed by atoms with Gasteiger partial charge in [-0.2, -0.15) is 4.98 Å². The second kappa shape index (κ2) is 4.72. The Kier molecular flexibility index (Phi) is 3.07. The molecule has 1 aliphatic rings. The maximum absolute atomic E-state index is 9.10. The third-order valence-corrected chi connectivity index (χ3v) is 3.03. The van der Waals surface area contributed by atoms with Gasteiger partial charge in [-0.1, -0.05) is 11.6 Å². The number of rotatable bonds is 2. The lowest BCUT2D eigenvalue weighted by atomic mass is 10.3. The van der Waals surface area contributed by atoms with Gasteiger partial charge in [0, 0.05) is 6.54 Å². The van der Waals surface area contributed by atoms with Crippen LogP contribution in [0.1, 0.15) is 0 Å². The van der Waals surface area contributed by atoms with Crippen LogP contribution in [0.3, 0.4) is 0 Å². The Morgan fingerprint density at radius 2 is 2.33 bits per heavy atom.